The maximum atomic E-state index is 13.0. The number of carbonyl (C=O) groups excluding carboxylic acids is 3. The van der Waals surface area contributed by atoms with Crippen LogP contribution in [-0.4, -0.2) is 59.6 Å². The number of nitrogens with one attached hydrogen (secondary N) is 1. The molecule has 32 heavy (non-hydrogen) atoms. The highest BCUT2D eigenvalue weighted by molar-refractivity contribution is 6.03. The molecule has 7 nitrogen and oxygen atoms in total. The van der Waals surface area contributed by atoms with Gasteiger partial charge in [-0.25, -0.2) is 4.79 Å². The SMILES string of the molecule is COC(=O)[C@@H](Cc1c2ccccc2cc2ccccc12)NC(=O)[C@@H]1C[C@@H](O)CN1C(C)=O. The average molecular weight is 434 g/mol. The number of esters is 1. The number of fused-ring (bicyclic) bond motifs is 2. The van der Waals surface area contributed by atoms with Gasteiger partial charge in [0, 0.05) is 26.3 Å². The molecule has 0 aliphatic carbocycles. The first kappa shape index (κ1) is 21.8. The van der Waals surface area contributed by atoms with E-state index in [4.69, 9.17) is 4.74 Å². The second-order valence-corrected chi connectivity index (χ2v) is 8.16. The van der Waals surface area contributed by atoms with Crippen LogP contribution in [-0.2, 0) is 25.5 Å². The van der Waals surface area contributed by atoms with Crippen LogP contribution in [0.3, 0.4) is 0 Å². The number of ether oxygens (including phenoxy) is 1. The Kier molecular flexibility index (Phi) is 6.10. The van der Waals surface area contributed by atoms with Gasteiger partial charge in [-0.15, -0.1) is 0 Å². The van der Waals surface area contributed by atoms with E-state index in [1.165, 1.54) is 18.9 Å². The summed E-state index contributed by atoms with van der Waals surface area (Å²) in [6.07, 6.45) is -0.403. The van der Waals surface area contributed by atoms with Crippen LogP contribution >= 0.6 is 0 Å². The Labute approximate surface area is 186 Å². The third-order valence-corrected chi connectivity index (χ3v) is 6.08. The Morgan fingerprint density at radius 2 is 1.69 bits per heavy atom. The lowest BCUT2D eigenvalue weighted by molar-refractivity contribution is -0.146. The van der Waals surface area contributed by atoms with E-state index in [9.17, 15) is 19.5 Å². The summed E-state index contributed by atoms with van der Waals surface area (Å²) in [5.41, 5.74) is 0.935. The average Bonchev–Trinajstić information content (AvgIpc) is 3.20. The third-order valence-electron chi connectivity index (χ3n) is 6.08. The molecule has 1 saturated heterocycles. The van der Waals surface area contributed by atoms with E-state index >= 15 is 0 Å². The molecule has 1 aliphatic heterocycles. The van der Waals surface area contributed by atoms with Gasteiger partial charge in [0.05, 0.1) is 13.2 Å². The van der Waals surface area contributed by atoms with E-state index in [1.54, 1.807) is 0 Å². The number of hydrogen-bond donors (Lipinski definition) is 2. The van der Waals surface area contributed by atoms with Crippen molar-refractivity contribution in [2.75, 3.05) is 13.7 Å². The first-order chi connectivity index (χ1) is 15.4. The molecule has 0 saturated carbocycles. The van der Waals surface area contributed by atoms with Crippen LogP contribution in [0.1, 0.15) is 18.9 Å². The Balaban J connectivity index is 1.69. The van der Waals surface area contributed by atoms with E-state index in [-0.39, 0.29) is 25.3 Å². The standard InChI is InChI=1S/C25H26N2O5/c1-15(28)27-14-18(29)12-23(27)24(30)26-22(25(31)32-2)13-21-19-9-5-3-7-16(19)11-17-8-4-6-10-20(17)21/h3-11,18,22-23,29H,12-14H2,1-2H3,(H,26,30)/t18-,22-,23+/m1/s1. The van der Waals surface area contributed by atoms with E-state index < -0.39 is 30.1 Å². The second kappa shape index (κ2) is 8.96. The lowest BCUT2D eigenvalue weighted by atomic mass is 9.92. The first-order valence-corrected chi connectivity index (χ1v) is 10.6. The zero-order valence-electron chi connectivity index (χ0n) is 18.1. The molecule has 3 aromatic carbocycles. The molecule has 2 N–H and O–H groups in total. The number of aliphatic hydroxyl groups excluding tert-OH is 1. The van der Waals surface area contributed by atoms with Crippen LogP contribution in [0.5, 0.6) is 0 Å². The minimum Gasteiger partial charge on any atom is -0.467 e. The van der Waals surface area contributed by atoms with Gasteiger partial charge in [0.1, 0.15) is 12.1 Å². The zero-order chi connectivity index (χ0) is 22.8. The van der Waals surface area contributed by atoms with Gasteiger partial charge in [0.2, 0.25) is 11.8 Å². The topological polar surface area (TPSA) is 95.9 Å². The Morgan fingerprint density at radius 3 is 2.25 bits per heavy atom. The monoisotopic (exact) mass is 434 g/mol. The van der Waals surface area contributed by atoms with Crippen LogP contribution < -0.4 is 5.32 Å². The summed E-state index contributed by atoms with van der Waals surface area (Å²) in [5, 5.41) is 16.8. The molecule has 0 aromatic heterocycles. The Bertz CT molecular complexity index is 1140. The first-order valence-electron chi connectivity index (χ1n) is 10.6. The quantitative estimate of drug-likeness (QED) is 0.474. The number of rotatable bonds is 5. The smallest absolute Gasteiger partial charge is 0.328 e. The van der Waals surface area contributed by atoms with Crippen molar-refractivity contribution in [2.45, 2.75) is 38.0 Å². The summed E-state index contributed by atoms with van der Waals surface area (Å²) in [6, 6.07) is 16.2. The highest BCUT2D eigenvalue weighted by atomic mass is 16.5. The number of amides is 2. The van der Waals surface area contributed by atoms with Crippen molar-refractivity contribution >= 4 is 39.3 Å². The van der Waals surface area contributed by atoms with Gasteiger partial charge in [0.15, 0.2) is 0 Å². The maximum absolute atomic E-state index is 13.0. The number of hydrogen-bond acceptors (Lipinski definition) is 5. The molecule has 0 unspecified atom stereocenters. The molecular weight excluding hydrogens is 408 g/mol. The largest absolute Gasteiger partial charge is 0.467 e. The Morgan fingerprint density at radius 1 is 1.09 bits per heavy atom. The molecule has 4 rings (SSSR count). The summed E-state index contributed by atoms with van der Waals surface area (Å²) in [6.45, 7) is 1.46. The minimum atomic E-state index is -0.937. The number of nitrogens with zero attached hydrogens (tertiary/aromatic N) is 1. The van der Waals surface area contributed by atoms with Crippen molar-refractivity contribution in [1.29, 1.82) is 0 Å². The molecule has 3 aromatic rings. The number of aliphatic hydroxyl groups is 1. The highest BCUT2D eigenvalue weighted by Gasteiger charge is 2.39. The fourth-order valence-electron chi connectivity index (χ4n) is 4.55. The van der Waals surface area contributed by atoms with Crippen LogP contribution in [0.4, 0.5) is 0 Å². The van der Waals surface area contributed by atoms with E-state index in [0.29, 0.717) is 0 Å². The molecule has 1 heterocycles. The van der Waals surface area contributed by atoms with Crippen LogP contribution in [0.25, 0.3) is 21.5 Å². The van der Waals surface area contributed by atoms with Crippen LogP contribution in [0.15, 0.2) is 54.6 Å². The lowest BCUT2D eigenvalue weighted by Crippen LogP contribution is -2.51. The minimum absolute atomic E-state index is 0.101. The molecule has 2 amide bonds. The molecule has 7 heteroatoms. The third kappa shape index (κ3) is 4.16. The van der Waals surface area contributed by atoms with Gasteiger partial charge in [-0.2, -0.15) is 0 Å². The summed E-state index contributed by atoms with van der Waals surface area (Å²) in [4.78, 5) is 38.9. The van der Waals surface area contributed by atoms with Gasteiger partial charge >= 0.3 is 5.97 Å². The molecule has 0 bridgehead atoms. The maximum Gasteiger partial charge on any atom is 0.328 e. The highest BCUT2D eigenvalue weighted by Crippen LogP contribution is 2.30. The van der Waals surface area contributed by atoms with Crippen molar-refractivity contribution in [2.24, 2.45) is 0 Å². The number of benzene rings is 3. The van der Waals surface area contributed by atoms with Gasteiger partial charge < -0.3 is 20.1 Å². The number of methoxy groups -OCH3 is 1. The number of likely N-dealkylation sites (tertiary alicyclic amines) is 1. The van der Waals surface area contributed by atoms with Gasteiger partial charge in [-0.05, 0) is 33.2 Å². The fourth-order valence-corrected chi connectivity index (χ4v) is 4.55. The van der Waals surface area contributed by atoms with Gasteiger partial charge in [-0.1, -0.05) is 48.5 Å². The Hall–Kier alpha value is -3.45. The van der Waals surface area contributed by atoms with Crippen molar-refractivity contribution in [3.8, 4) is 0 Å². The molecular formula is C25H26N2O5. The zero-order valence-corrected chi connectivity index (χ0v) is 18.1. The van der Waals surface area contributed by atoms with E-state index in [2.05, 4.69) is 11.4 Å². The fraction of sp³-hybridized carbons (Fsp3) is 0.320. The lowest BCUT2D eigenvalue weighted by Gasteiger charge is -2.25. The van der Waals surface area contributed by atoms with Crippen LogP contribution in [0, 0.1) is 0 Å². The molecule has 1 fully saturated rings. The number of β-amino-alcohol motifs (C(OH)–C–C–N with tert-alkyl or cyclic N) is 1. The summed E-state index contributed by atoms with van der Waals surface area (Å²) < 4.78 is 4.98. The van der Waals surface area contributed by atoms with E-state index in [0.717, 1.165) is 27.1 Å². The molecule has 3 atom stereocenters. The van der Waals surface area contributed by atoms with Crippen molar-refractivity contribution < 1.29 is 24.2 Å². The van der Waals surface area contributed by atoms with Crippen molar-refractivity contribution in [1.82, 2.24) is 10.2 Å². The van der Waals surface area contributed by atoms with Gasteiger partial charge in [-0.3, -0.25) is 9.59 Å². The summed E-state index contributed by atoms with van der Waals surface area (Å²) >= 11 is 0. The van der Waals surface area contributed by atoms with Crippen molar-refractivity contribution in [3.05, 3.63) is 60.2 Å². The molecule has 1 aliphatic rings. The van der Waals surface area contributed by atoms with Crippen LogP contribution in [0.2, 0.25) is 0 Å². The normalized spacial score (nSPS) is 19.2. The predicted octanol–water partition coefficient (Wildman–Crippen LogP) is 2.17. The predicted molar refractivity (Wildman–Crippen MR) is 121 cm³/mol. The summed E-state index contributed by atoms with van der Waals surface area (Å²) in [7, 11) is 1.28. The summed E-state index contributed by atoms with van der Waals surface area (Å²) in [5.74, 6) is -1.34. The number of carbonyl (C=O) groups is 3. The molecule has 166 valence electrons. The molecule has 0 radical (unpaired) electrons. The van der Waals surface area contributed by atoms with Crippen molar-refractivity contribution in [3.63, 3.8) is 0 Å². The van der Waals surface area contributed by atoms with E-state index in [1.807, 2.05) is 48.5 Å². The molecule has 0 spiro atoms. The second-order valence-electron chi connectivity index (χ2n) is 8.16. The van der Waals surface area contributed by atoms with Gasteiger partial charge in [0.25, 0.3) is 0 Å².